The Morgan fingerprint density at radius 1 is 0.615 bits per heavy atom. The fourth-order valence-electron chi connectivity index (χ4n) is 2.94. The van der Waals surface area contributed by atoms with Gasteiger partial charge < -0.3 is 0 Å². The van der Waals surface area contributed by atoms with Crippen LogP contribution >= 0.6 is 11.6 Å². The van der Waals surface area contributed by atoms with Crippen LogP contribution in [0, 0.1) is 0 Å². The smallest absolute Gasteiger partial charge is 0.248 e. The summed E-state index contributed by atoms with van der Waals surface area (Å²) in [6.07, 6.45) is -4.73. The number of benzene rings is 3. The van der Waals surface area contributed by atoms with Crippen molar-refractivity contribution < 1.29 is 13.2 Å². The summed E-state index contributed by atoms with van der Waals surface area (Å²) in [5.41, 5.74) is 0.385. The summed E-state index contributed by atoms with van der Waals surface area (Å²) in [5, 5.41) is -1.39. The molecule has 0 bridgehead atoms. The molecule has 0 heterocycles. The van der Waals surface area contributed by atoms with E-state index in [1.807, 2.05) is 0 Å². The lowest BCUT2D eigenvalue weighted by molar-refractivity contribution is -0.0563. The van der Waals surface area contributed by atoms with Crippen molar-refractivity contribution in [2.75, 3.05) is 0 Å². The van der Waals surface area contributed by atoms with Crippen molar-refractivity contribution in [2.45, 2.75) is 11.7 Å². The number of nitrogens with zero attached hydrogens (tertiary/aromatic N) is 1. The molecule has 132 valence electrons. The number of alkyl halides is 3. The standard InChI is InChI=1S/C21H15ClF3N/c22-19(21(23,24)25)26-20(16-10-4-1-5-11-16,17-12-6-2-7-13-17)18-14-8-3-9-15-18/h1-15H. The van der Waals surface area contributed by atoms with Gasteiger partial charge >= 0.3 is 6.18 Å². The highest BCUT2D eigenvalue weighted by molar-refractivity contribution is 6.66. The molecule has 0 fully saturated rings. The van der Waals surface area contributed by atoms with Crippen molar-refractivity contribution in [2.24, 2.45) is 4.99 Å². The minimum absolute atomic E-state index is 0.597. The summed E-state index contributed by atoms with van der Waals surface area (Å²) in [7, 11) is 0. The summed E-state index contributed by atoms with van der Waals surface area (Å²) in [4.78, 5) is 4.05. The molecule has 0 saturated carbocycles. The predicted octanol–water partition coefficient (Wildman–Crippen LogP) is 6.18. The Balaban J connectivity index is 2.40. The van der Waals surface area contributed by atoms with Crippen LogP contribution < -0.4 is 0 Å². The van der Waals surface area contributed by atoms with Crippen molar-refractivity contribution in [3.8, 4) is 0 Å². The van der Waals surface area contributed by atoms with Crippen molar-refractivity contribution in [1.82, 2.24) is 0 Å². The van der Waals surface area contributed by atoms with Crippen molar-refractivity contribution in [3.63, 3.8) is 0 Å². The number of aliphatic imine (C=N–C) groups is 1. The molecule has 3 aromatic rings. The molecule has 0 N–H and O–H groups in total. The van der Waals surface area contributed by atoms with Gasteiger partial charge in [-0.25, -0.2) is 4.99 Å². The summed E-state index contributed by atoms with van der Waals surface area (Å²) in [6, 6.07) is 26.6. The maximum Gasteiger partial charge on any atom is 0.444 e. The topological polar surface area (TPSA) is 12.4 Å². The first-order valence-electron chi connectivity index (χ1n) is 7.94. The molecule has 0 amide bonds. The Morgan fingerprint density at radius 2 is 0.923 bits per heavy atom. The van der Waals surface area contributed by atoms with Crippen LogP contribution in [0.15, 0.2) is 96.0 Å². The van der Waals surface area contributed by atoms with E-state index in [2.05, 4.69) is 4.99 Å². The molecule has 0 saturated heterocycles. The SMILES string of the molecule is FC(F)(F)C(Cl)=NC(c1ccccc1)(c1ccccc1)c1ccccc1. The van der Waals surface area contributed by atoms with Gasteiger partial charge in [0.2, 0.25) is 5.17 Å². The van der Waals surface area contributed by atoms with E-state index >= 15 is 0 Å². The van der Waals surface area contributed by atoms with E-state index in [1.54, 1.807) is 91.0 Å². The van der Waals surface area contributed by atoms with E-state index in [9.17, 15) is 13.2 Å². The van der Waals surface area contributed by atoms with Gasteiger partial charge in [0.1, 0.15) is 5.54 Å². The third kappa shape index (κ3) is 3.51. The summed E-state index contributed by atoms with van der Waals surface area (Å²) >= 11 is 5.62. The second kappa shape index (κ2) is 7.34. The fraction of sp³-hybridized carbons (Fsp3) is 0.0952. The van der Waals surface area contributed by atoms with E-state index in [4.69, 9.17) is 11.6 Å². The first-order chi connectivity index (χ1) is 12.4. The summed E-state index contributed by atoms with van der Waals surface area (Å²) in [5.74, 6) is 0. The summed E-state index contributed by atoms with van der Waals surface area (Å²) < 4.78 is 39.8. The molecular formula is C21H15ClF3N. The molecular weight excluding hydrogens is 359 g/mol. The molecule has 0 spiro atoms. The molecule has 0 aromatic heterocycles. The molecule has 0 aliphatic rings. The van der Waals surface area contributed by atoms with Gasteiger partial charge in [-0.05, 0) is 16.7 Å². The van der Waals surface area contributed by atoms with E-state index in [-0.39, 0.29) is 0 Å². The summed E-state index contributed by atoms with van der Waals surface area (Å²) in [6.45, 7) is 0. The third-order valence-electron chi connectivity index (χ3n) is 4.07. The highest BCUT2D eigenvalue weighted by Crippen LogP contribution is 2.42. The molecule has 3 aromatic carbocycles. The zero-order valence-corrected chi connectivity index (χ0v) is 14.4. The van der Waals surface area contributed by atoms with E-state index in [0.717, 1.165) is 0 Å². The number of rotatable bonds is 4. The molecule has 5 heteroatoms. The zero-order chi connectivity index (χ0) is 18.6. The van der Waals surface area contributed by atoms with Gasteiger partial charge in [0.15, 0.2) is 0 Å². The average molecular weight is 374 g/mol. The lowest BCUT2D eigenvalue weighted by Crippen LogP contribution is -2.31. The first-order valence-corrected chi connectivity index (χ1v) is 8.31. The van der Waals surface area contributed by atoms with E-state index < -0.39 is 16.9 Å². The highest BCUT2D eigenvalue weighted by Gasteiger charge is 2.42. The van der Waals surface area contributed by atoms with Gasteiger partial charge in [-0.1, -0.05) is 103 Å². The van der Waals surface area contributed by atoms with Crippen LogP contribution in [-0.4, -0.2) is 11.3 Å². The first kappa shape index (κ1) is 18.2. The van der Waals surface area contributed by atoms with Gasteiger partial charge in [-0.2, -0.15) is 13.2 Å². The van der Waals surface area contributed by atoms with Crippen LogP contribution in [0.1, 0.15) is 16.7 Å². The Labute approximate surface area is 154 Å². The molecule has 26 heavy (non-hydrogen) atoms. The lowest BCUT2D eigenvalue weighted by atomic mass is 9.77. The van der Waals surface area contributed by atoms with E-state index in [0.29, 0.717) is 16.7 Å². The highest BCUT2D eigenvalue weighted by atomic mass is 35.5. The molecule has 1 nitrogen and oxygen atoms in total. The van der Waals surface area contributed by atoms with Crippen molar-refractivity contribution in [3.05, 3.63) is 108 Å². The molecule has 0 unspecified atom stereocenters. The Morgan fingerprint density at radius 3 is 1.19 bits per heavy atom. The van der Waals surface area contributed by atoms with Crippen LogP contribution in [0.3, 0.4) is 0 Å². The van der Waals surface area contributed by atoms with E-state index in [1.165, 1.54) is 0 Å². The molecule has 3 rings (SSSR count). The minimum atomic E-state index is -4.73. The minimum Gasteiger partial charge on any atom is -0.248 e. The number of hydrogen-bond acceptors (Lipinski definition) is 1. The van der Waals surface area contributed by atoms with Gasteiger partial charge in [0.25, 0.3) is 0 Å². The van der Waals surface area contributed by atoms with Gasteiger partial charge in [-0.3, -0.25) is 0 Å². The normalized spacial score (nSPS) is 12.8. The van der Waals surface area contributed by atoms with Crippen LogP contribution in [0.5, 0.6) is 0 Å². The van der Waals surface area contributed by atoms with Crippen LogP contribution in [0.2, 0.25) is 0 Å². The van der Waals surface area contributed by atoms with Crippen LogP contribution in [-0.2, 0) is 5.54 Å². The van der Waals surface area contributed by atoms with Gasteiger partial charge in [0, 0.05) is 0 Å². The second-order valence-electron chi connectivity index (χ2n) is 5.71. The number of halogens is 4. The molecule has 0 aliphatic carbocycles. The van der Waals surface area contributed by atoms with Gasteiger partial charge in [0.05, 0.1) is 0 Å². The maximum absolute atomic E-state index is 13.3. The van der Waals surface area contributed by atoms with Crippen LogP contribution in [0.4, 0.5) is 13.2 Å². The maximum atomic E-state index is 13.3. The van der Waals surface area contributed by atoms with Crippen molar-refractivity contribution >= 4 is 16.8 Å². The Kier molecular flexibility index (Phi) is 5.14. The van der Waals surface area contributed by atoms with Crippen molar-refractivity contribution in [1.29, 1.82) is 0 Å². The fourth-order valence-corrected chi connectivity index (χ4v) is 3.07. The largest absolute Gasteiger partial charge is 0.444 e. The average Bonchev–Trinajstić information content (AvgIpc) is 2.67. The quantitative estimate of drug-likeness (QED) is 0.382. The zero-order valence-electron chi connectivity index (χ0n) is 13.6. The second-order valence-corrected chi connectivity index (χ2v) is 6.07. The predicted molar refractivity (Wildman–Crippen MR) is 98.6 cm³/mol. The molecule has 0 atom stereocenters. The Hall–Kier alpha value is -2.59. The lowest BCUT2D eigenvalue weighted by Gasteiger charge is -2.32. The Bertz CT molecular complexity index is 779. The monoisotopic (exact) mass is 373 g/mol. The molecule has 0 radical (unpaired) electrons. The van der Waals surface area contributed by atoms with Gasteiger partial charge in [-0.15, -0.1) is 0 Å². The third-order valence-corrected chi connectivity index (χ3v) is 4.37. The van der Waals surface area contributed by atoms with Crippen LogP contribution in [0.25, 0.3) is 0 Å². The molecule has 0 aliphatic heterocycles. The number of hydrogen-bond donors (Lipinski definition) is 0.